The standard InChI is InChI=1S/C17H16ClN3O2.C2HF3O2/c1-10(19)13-6-11-7-14(18)16(8-15(11)21-17(13)22)23-9-12-4-2-3-5-20-12;3-2(4,5)1(6)7/h2-8,10H,9,19H2,1H3,(H,21,22);(H,6,7)/t10-;/m0./s1. The molecular weight excluding hydrogens is 427 g/mol. The average molecular weight is 444 g/mol. The number of benzene rings is 1. The van der Waals surface area contributed by atoms with Crippen LogP contribution in [0.15, 0.2) is 47.4 Å². The van der Waals surface area contributed by atoms with Crippen LogP contribution >= 0.6 is 11.6 Å². The summed E-state index contributed by atoms with van der Waals surface area (Å²) in [4.78, 5) is 27.9. The molecule has 11 heteroatoms. The van der Waals surface area contributed by atoms with Crippen LogP contribution in [0, 0.1) is 0 Å². The number of nitrogens with two attached hydrogens (primary N) is 1. The lowest BCUT2D eigenvalue weighted by atomic mass is 10.1. The molecular formula is C19H17ClF3N3O4. The number of rotatable bonds is 4. The predicted molar refractivity (Wildman–Crippen MR) is 104 cm³/mol. The van der Waals surface area contributed by atoms with Crippen molar-refractivity contribution in [2.75, 3.05) is 0 Å². The van der Waals surface area contributed by atoms with Crippen LogP contribution in [0.4, 0.5) is 13.2 Å². The van der Waals surface area contributed by atoms with Crippen LogP contribution in [0.1, 0.15) is 24.2 Å². The van der Waals surface area contributed by atoms with Crippen molar-refractivity contribution in [2.24, 2.45) is 5.73 Å². The van der Waals surface area contributed by atoms with Crippen molar-refractivity contribution in [3.63, 3.8) is 0 Å². The van der Waals surface area contributed by atoms with Crippen molar-refractivity contribution in [3.8, 4) is 5.75 Å². The SMILES string of the molecule is C[C@H](N)c1cc2cc(Cl)c(OCc3ccccn3)cc2[nH]c1=O.O=C(O)C(F)(F)F. The lowest BCUT2D eigenvalue weighted by Gasteiger charge is -2.11. The number of carbonyl (C=O) groups is 1. The molecule has 2 heterocycles. The summed E-state index contributed by atoms with van der Waals surface area (Å²) in [6.45, 7) is 2.07. The van der Waals surface area contributed by atoms with E-state index in [-0.39, 0.29) is 11.6 Å². The van der Waals surface area contributed by atoms with Crippen LogP contribution in [0.2, 0.25) is 5.02 Å². The molecule has 3 aromatic rings. The summed E-state index contributed by atoms with van der Waals surface area (Å²) < 4.78 is 37.4. The molecule has 0 radical (unpaired) electrons. The van der Waals surface area contributed by atoms with Gasteiger partial charge in [-0.25, -0.2) is 4.79 Å². The van der Waals surface area contributed by atoms with Gasteiger partial charge in [0.25, 0.3) is 5.56 Å². The van der Waals surface area contributed by atoms with Gasteiger partial charge in [0.05, 0.1) is 16.2 Å². The zero-order chi connectivity index (χ0) is 22.5. The number of aromatic nitrogens is 2. The van der Waals surface area contributed by atoms with Crippen LogP contribution < -0.4 is 16.0 Å². The van der Waals surface area contributed by atoms with Crippen LogP contribution in [-0.2, 0) is 11.4 Å². The molecule has 0 amide bonds. The number of alkyl halides is 3. The van der Waals surface area contributed by atoms with E-state index in [1.807, 2.05) is 18.2 Å². The van der Waals surface area contributed by atoms with Crippen LogP contribution in [0.25, 0.3) is 10.9 Å². The number of hydrogen-bond acceptors (Lipinski definition) is 5. The lowest BCUT2D eigenvalue weighted by Crippen LogP contribution is -2.21. The Kier molecular flexibility index (Phi) is 7.41. The van der Waals surface area contributed by atoms with Gasteiger partial charge in [0.2, 0.25) is 0 Å². The number of aliphatic carboxylic acids is 1. The Morgan fingerprint density at radius 3 is 2.53 bits per heavy atom. The van der Waals surface area contributed by atoms with E-state index in [9.17, 15) is 18.0 Å². The maximum absolute atomic E-state index is 12.0. The minimum Gasteiger partial charge on any atom is -0.486 e. The normalized spacial score (nSPS) is 12.1. The molecule has 0 fully saturated rings. The van der Waals surface area contributed by atoms with Crippen molar-refractivity contribution in [2.45, 2.75) is 25.7 Å². The molecule has 0 saturated heterocycles. The summed E-state index contributed by atoms with van der Waals surface area (Å²) in [5.74, 6) is -2.26. The minimum absolute atomic E-state index is 0.203. The van der Waals surface area contributed by atoms with Gasteiger partial charge in [-0.1, -0.05) is 17.7 Å². The number of aromatic amines is 1. The molecule has 0 bridgehead atoms. The fourth-order valence-corrected chi connectivity index (χ4v) is 2.53. The van der Waals surface area contributed by atoms with Gasteiger partial charge in [-0.05, 0) is 31.2 Å². The second-order valence-corrected chi connectivity index (χ2v) is 6.53. The zero-order valence-corrected chi connectivity index (χ0v) is 16.3. The van der Waals surface area contributed by atoms with Gasteiger partial charge in [0.15, 0.2) is 0 Å². The molecule has 0 spiro atoms. The van der Waals surface area contributed by atoms with E-state index in [4.69, 9.17) is 32.0 Å². The van der Waals surface area contributed by atoms with Crippen molar-refractivity contribution >= 4 is 28.5 Å². The number of pyridine rings is 2. The molecule has 30 heavy (non-hydrogen) atoms. The third-order valence-corrected chi connectivity index (χ3v) is 4.06. The number of carboxylic acids is 1. The number of fused-ring (bicyclic) bond motifs is 1. The van der Waals surface area contributed by atoms with Crippen LogP contribution in [-0.4, -0.2) is 27.2 Å². The maximum Gasteiger partial charge on any atom is 0.490 e. The van der Waals surface area contributed by atoms with Crippen molar-refractivity contribution in [1.29, 1.82) is 0 Å². The molecule has 160 valence electrons. The Bertz CT molecular complexity index is 1090. The lowest BCUT2D eigenvalue weighted by molar-refractivity contribution is -0.192. The highest BCUT2D eigenvalue weighted by Gasteiger charge is 2.38. The molecule has 7 nitrogen and oxygen atoms in total. The molecule has 0 aliphatic heterocycles. The van der Waals surface area contributed by atoms with E-state index < -0.39 is 12.1 Å². The van der Waals surface area contributed by atoms with Crippen molar-refractivity contribution in [3.05, 3.63) is 69.2 Å². The van der Waals surface area contributed by atoms with Crippen LogP contribution in [0.3, 0.4) is 0 Å². The number of nitrogens with one attached hydrogen (secondary N) is 1. The number of carboxylic acid groups (broad SMARTS) is 1. The highest BCUT2D eigenvalue weighted by atomic mass is 35.5. The van der Waals surface area contributed by atoms with Gasteiger partial charge in [0, 0.05) is 29.3 Å². The Labute approximate surface area is 173 Å². The van der Waals surface area contributed by atoms with E-state index in [2.05, 4.69) is 9.97 Å². The third-order valence-electron chi connectivity index (χ3n) is 3.76. The molecule has 1 aromatic carbocycles. The average Bonchev–Trinajstić information content (AvgIpc) is 2.66. The number of ether oxygens (including phenoxy) is 1. The topological polar surface area (TPSA) is 118 Å². The predicted octanol–water partition coefficient (Wildman–Crippen LogP) is 3.81. The molecule has 2 aromatic heterocycles. The number of H-pyrrole nitrogens is 1. The smallest absolute Gasteiger partial charge is 0.486 e. The summed E-state index contributed by atoms with van der Waals surface area (Å²) in [6, 6.07) is 10.5. The maximum atomic E-state index is 12.0. The molecule has 4 N–H and O–H groups in total. The number of hydrogen-bond donors (Lipinski definition) is 3. The van der Waals surface area contributed by atoms with Gasteiger partial charge < -0.3 is 20.6 Å². The van der Waals surface area contributed by atoms with Gasteiger partial charge in [-0.2, -0.15) is 13.2 Å². The molecule has 0 aliphatic rings. The first-order valence-electron chi connectivity index (χ1n) is 8.44. The van der Waals surface area contributed by atoms with Gasteiger partial charge in [-0.3, -0.25) is 9.78 Å². The summed E-state index contributed by atoms with van der Waals surface area (Å²) in [6.07, 6.45) is -3.38. The first-order chi connectivity index (χ1) is 14.0. The highest BCUT2D eigenvalue weighted by molar-refractivity contribution is 6.32. The minimum atomic E-state index is -5.08. The Balaban J connectivity index is 0.000000396. The largest absolute Gasteiger partial charge is 0.490 e. The van der Waals surface area contributed by atoms with E-state index in [1.54, 1.807) is 31.3 Å². The molecule has 1 atom stereocenters. The van der Waals surface area contributed by atoms with E-state index in [0.29, 0.717) is 28.5 Å². The molecule has 0 unspecified atom stereocenters. The second-order valence-electron chi connectivity index (χ2n) is 6.13. The first-order valence-corrected chi connectivity index (χ1v) is 8.81. The van der Waals surface area contributed by atoms with Gasteiger partial charge >= 0.3 is 12.1 Å². The molecule has 3 rings (SSSR count). The summed E-state index contributed by atoms with van der Waals surface area (Å²) in [5.41, 5.74) is 7.57. The Morgan fingerprint density at radius 2 is 2.00 bits per heavy atom. The zero-order valence-electron chi connectivity index (χ0n) is 15.5. The molecule has 0 aliphatic carbocycles. The summed E-state index contributed by atoms with van der Waals surface area (Å²) in [5, 5.41) is 8.41. The van der Waals surface area contributed by atoms with Gasteiger partial charge in [0.1, 0.15) is 12.4 Å². The second kappa shape index (κ2) is 9.59. The van der Waals surface area contributed by atoms with Crippen molar-refractivity contribution < 1.29 is 27.8 Å². The van der Waals surface area contributed by atoms with Crippen LogP contribution in [0.5, 0.6) is 5.75 Å². The fourth-order valence-electron chi connectivity index (χ4n) is 2.31. The highest BCUT2D eigenvalue weighted by Crippen LogP contribution is 2.30. The summed E-state index contributed by atoms with van der Waals surface area (Å²) >= 11 is 6.27. The quantitative estimate of drug-likeness (QED) is 0.564. The number of nitrogens with zero attached hydrogens (tertiary/aromatic N) is 1. The van der Waals surface area contributed by atoms with Gasteiger partial charge in [-0.15, -0.1) is 0 Å². The van der Waals surface area contributed by atoms with E-state index >= 15 is 0 Å². The first kappa shape index (κ1) is 23.2. The monoisotopic (exact) mass is 443 g/mol. The fraction of sp³-hybridized carbons (Fsp3) is 0.211. The number of halogens is 4. The van der Waals surface area contributed by atoms with E-state index in [0.717, 1.165) is 11.1 Å². The summed E-state index contributed by atoms with van der Waals surface area (Å²) in [7, 11) is 0. The third kappa shape index (κ3) is 6.19. The van der Waals surface area contributed by atoms with Crippen molar-refractivity contribution in [1.82, 2.24) is 9.97 Å². The Hall–Kier alpha value is -3.11. The Morgan fingerprint density at radius 1 is 1.33 bits per heavy atom. The van der Waals surface area contributed by atoms with E-state index in [1.165, 1.54) is 0 Å². The molecule has 0 saturated carbocycles.